The van der Waals surface area contributed by atoms with Crippen molar-refractivity contribution in [1.82, 2.24) is 8.96 Å². The van der Waals surface area contributed by atoms with Crippen LogP contribution in [0.3, 0.4) is 0 Å². The van der Waals surface area contributed by atoms with E-state index in [0.29, 0.717) is 9.35 Å². The normalized spacial score (nSPS) is 11.6. The number of aromatic nitrogens is 2. The molecule has 2 aromatic carbocycles. The molecule has 32 heavy (non-hydrogen) atoms. The highest BCUT2D eigenvalue weighted by Gasteiger charge is 2.23. The smallest absolute Gasteiger partial charge is 0.270 e. The standard InChI is InChI=1S/C24H23IN2O4S/c1-16-4-8-22(9-5-16)32(28,29)27-23(25)13-19-10-18(15-26-24(19)27)7-6-17-11-20(30-2)14-21(12-17)31-3/h4-5,8-15H,6-7H2,1-3H3. The van der Waals surface area contributed by atoms with Crippen LogP contribution in [-0.2, 0) is 22.9 Å². The summed E-state index contributed by atoms with van der Waals surface area (Å²) >= 11 is 2.05. The molecule has 0 spiro atoms. The number of aryl methyl sites for hydroxylation is 3. The average Bonchev–Trinajstić information content (AvgIpc) is 3.13. The number of benzene rings is 2. The average molecular weight is 562 g/mol. The van der Waals surface area contributed by atoms with Crippen molar-refractivity contribution < 1.29 is 17.9 Å². The molecule has 0 unspecified atom stereocenters. The molecule has 0 aliphatic heterocycles. The van der Waals surface area contributed by atoms with Gasteiger partial charge in [0.1, 0.15) is 11.5 Å². The van der Waals surface area contributed by atoms with E-state index in [-0.39, 0.29) is 4.90 Å². The van der Waals surface area contributed by atoms with E-state index in [1.54, 1.807) is 44.7 Å². The molecular weight excluding hydrogens is 539 g/mol. The van der Waals surface area contributed by atoms with Crippen molar-refractivity contribution in [3.63, 3.8) is 0 Å². The Kier molecular flexibility index (Phi) is 6.43. The molecule has 0 bridgehead atoms. The maximum atomic E-state index is 13.3. The van der Waals surface area contributed by atoms with Crippen LogP contribution < -0.4 is 9.47 Å². The van der Waals surface area contributed by atoms with Gasteiger partial charge in [-0.1, -0.05) is 17.7 Å². The van der Waals surface area contributed by atoms with Crippen LogP contribution in [0.25, 0.3) is 11.0 Å². The van der Waals surface area contributed by atoms with Crippen LogP contribution in [0.2, 0.25) is 0 Å². The topological polar surface area (TPSA) is 70.4 Å². The molecule has 0 N–H and O–H groups in total. The van der Waals surface area contributed by atoms with Crippen molar-refractivity contribution in [3.8, 4) is 11.5 Å². The van der Waals surface area contributed by atoms with Crippen LogP contribution in [-0.4, -0.2) is 31.6 Å². The Morgan fingerprint density at radius 2 is 1.53 bits per heavy atom. The SMILES string of the molecule is COc1cc(CCc2cnc3c(c2)cc(I)n3S(=O)(=O)c2ccc(C)cc2)cc(OC)c1. The lowest BCUT2D eigenvalue weighted by Gasteiger charge is -2.10. The summed E-state index contributed by atoms with van der Waals surface area (Å²) in [6, 6.07) is 16.5. The Hall–Kier alpha value is -2.59. The number of nitrogens with zero attached hydrogens (tertiary/aromatic N) is 2. The number of fused-ring (bicyclic) bond motifs is 1. The Balaban J connectivity index is 1.63. The highest BCUT2D eigenvalue weighted by molar-refractivity contribution is 14.1. The van der Waals surface area contributed by atoms with Crippen molar-refractivity contribution in [2.24, 2.45) is 0 Å². The van der Waals surface area contributed by atoms with Crippen LogP contribution >= 0.6 is 22.6 Å². The van der Waals surface area contributed by atoms with E-state index in [4.69, 9.17) is 9.47 Å². The predicted octanol–water partition coefficient (Wildman–Crippen LogP) is 4.99. The number of ether oxygens (including phenoxy) is 2. The first-order chi connectivity index (χ1) is 15.3. The lowest BCUT2D eigenvalue weighted by atomic mass is 10.0. The van der Waals surface area contributed by atoms with Crippen molar-refractivity contribution in [2.75, 3.05) is 14.2 Å². The van der Waals surface area contributed by atoms with E-state index >= 15 is 0 Å². The summed E-state index contributed by atoms with van der Waals surface area (Å²) in [4.78, 5) is 4.77. The first kappa shape index (κ1) is 22.6. The number of methoxy groups -OCH3 is 2. The minimum atomic E-state index is -3.73. The molecule has 0 amide bonds. The molecule has 4 aromatic rings. The van der Waals surface area contributed by atoms with Gasteiger partial charge in [-0.2, -0.15) is 0 Å². The molecule has 0 saturated carbocycles. The lowest BCUT2D eigenvalue weighted by Crippen LogP contribution is -2.15. The molecule has 2 aromatic heterocycles. The van der Waals surface area contributed by atoms with Crippen LogP contribution in [0, 0.1) is 10.6 Å². The minimum absolute atomic E-state index is 0.247. The molecule has 0 atom stereocenters. The lowest BCUT2D eigenvalue weighted by molar-refractivity contribution is 0.393. The highest BCUT2D eigenvalue weighted by Crippen LogP contribution is 2.27. The predicted molar refractivity (Wildman–Crippen MR) is 133 cm³/mol. The summed E-state index contributed by atoms with van der Waals surface area (Å²) in [5.41, 5.74) is 3.56. The summed E-state index contributed by atoms with van der Waals surface area (Å²) in [7, 11) is -0.470. The van der Waals surface area contributed by atoms with Crippen molar-refractivity contribution >= 4 is 43.6 Å². The minimum Gasteiger partial charge on any atom is -0.497 e. The molecule has 0 aliphatic carbocycles. The maximum absolute atomic E-state index is 13.3. The number of hydrogen-bond acceptors (Lipinski definition) is 5. The number of pyridine rings is 1. The second kappa shape index (κ2) is 9.11. The Morgan fingerprint density at radius 1 is 0.906 bits per heavy atom. The summed E-state index contributed by atoms with van der Waals surface area (Å²) < 4.78 is 39.1. The second-order valence-electron chi connectivity index (χ2n) is 7.53. The number of rotatable bonds is 7. The van der Waals surface area contributed by atoms with Gasteiger partial charge in [-0.05, 0) is 89.9 Å². The van der Waals surface area contributed by atoms with E-state index in [9.17, 15) is 8.42 Å². The molecule has 166 valence electrons. The molecule has 8 heteroatoms. The van der Waals surface area contributed by atoms with Crippen molar-refractivity contribution in [1.29, 1.82) is 0 Å². The Labute approximate surface area is 201 Å². The third kappa shape index (κ3) is 4.47. The fourth-order valence-electron chi connectivity index (χ4n) is 3.56. The van der Waals surface area contributed by atoms with E-state index in [1.807, 2.05) is 59.8 Å². The van der Waals surface area contributed by atoms with Crippen LogP contribution in [0.1, 0.15) is 16.7 Å². The summed E-state index contributed by atoms with van der Waals surface area (Å²) in [6.07, 6.45) is 3.28. The summed E-state index contributed by atoms with van der Waals surface area (Å²) in [5, 5.41) is 0.797. The summed E-state index contributed by atoms with van der Waals surface area (Å²) in [6.45, 7) is 1.93. The molecule has 0 aliphatic rings. The first-order valence-electron chi connectivity index (χ1n) is 10.0. The van der Waals surface area contributed by atoms with Gasteiger partial charge < -0.3 is 9.47 Å². The van der Waals surface area contributed by atoms with Crippen molar-refractivity contribution in [2.45, 2.75) is 24.7 Å². The maximum Gasteiger partial charge on any atom is 0.270 e. The molecule has 0 fully saturated rings. The zero-order valence-electron chi connectivity index (χ0n) is 18.0. The second-order valence-corrected chi connectivity index (χ2v) is 10.4. The Bertz CT molecular complexity index is 1360. The molecule has 6 nitrogen and oxygen atoms in total. The molecular formula is C24H23IN2O4S. The zero-order valence-corrected chi connectivity index (χ0v) is 21.0. The van der Waals surface area contributed by atoms with Gasteiger partial charge in [0.25, 0.3) is 10.0 Å². The molecule has 0 radical (unpaired) electrons. The third-order valence-electron chi connectivity index (χ3n) is 5.29. The fraction of sp³-hybridized carbons (Fsp3) is 0.208. The molecule has 4 rings (SSSR count). The van der Waals surface area contributed by atoms with E-state index in [2.05, 4.69) is 4.98 Å². The van der Waals surface area contributed by atoms with Gasteiger partial charge in [0.2, 0.25) is 0 Å². The van der Waals surface area contributed by atoms with E-state index < -0.39 is 10.0 Å². The monoisotopic (exact) mass is 562 g/mol. The fourth-order valence-corrected chi connectivity index (χ4v) is 6.26. The number of halogens is 1. The van der Waals surface area contributed by atoms with E-state index in [1.165, 1.54) is 3.97 Å². The molecule has 2 heterocycles. The first-order valence-corrected chi connectivity index (χ1v) is 12.5. The van der Waals surface area contributed by atoms with Gasteiger partial charge in [-0.3, -0.25) is 0 Å². The van der Waals surface area contributed by atoms with Crippen LogP contribution in [0.5, 0.6) is 11.5 Å². The van der Waals surface area contributed by atoms with Crippen LogP contribution in [0.15, 0.2) is 65.7 Å². The molecule has 0 saturated heterocycles. The van der Waals surface area contributed by atoms with Gasteiger partial charge in [0, 0.05) is 17.6 Å². The highest BCUT2D eigenvalue weighted by atomic mass is 127. The number of hydrogen-bond donors (Lipinski definition) is 0. The van der Waals surface area contributed by atoms with Gasteiger partial charge in [0.05, 0.1) is 22.8 Å². The Morgan fingerprint density at radius 3 is 2.16 bits per heavy atom. The van der Waals surface area contributed by atoms with Crippen LogP contribution in [0.4, 0.5) is 0 Å². The largest absolute Gasteiger partial charge is 0.497 e. The summed E-state index contributed by atoms with van der Waals surface area (Å²) in [5.74, 6) is 1.50. The van der Waals surface area contributed by atoms with Gasteiger partial charge in [-0.15, -0.1) is 0 Å². The quantitative estimate of drug-likeness (QED) is 0.297. The van der Waals surface area contributed by atoms with Gasteiger partial charge >= 0.3 is 0 Å². The van der Waals surface area contributed by atoms with Gasteiger partial charge in [0.15, 0.2) is 5.65 Å². The zero-order chi connectivity index (χ0) is 22.9. The third-order valence-corrected chi connectivity index (χ3v) is 8.12. The van der Waals surface area contributed by atoms with E-state index in [0.717, 1.165) is 46.4 Å². The van der Waals surface area contributed by atoms with Gasteiger partial charge in [-0.25, -0.2) is 17.4 Å². The van der Waals surface area contributed by atoms with Crippen molar-refractivity contribution in [3.05, 3.63) is 81.2 Å².